The molecule has 0 aliphatic carbocycles. The number of carbonyl (C=O) groups is 1. The summed E-state index contributed by atoms with van der Waals surface area (Å²) in [5.41, 5.74) is 1.14. The number of benzene rings is 2. The van der Waals surface area contributed by atoms with Crippen LogP contribution in [0.5, 0.6) is 5.75 Å². The molecule has 0 aliphatic rings. The Bertz CT molecular complexity index is 1310. The molecule has 0 aliphatic heterocycles. The van der Waals surface area contributed by atoms with Crippen LogP contribution in [0.3, 0.4) is 0 Å². The lowest BCUT2D eigenvalue weighted by Crippen LogP contribution is -2.33. The Morgan fingerprint density at radius 1 is 1.10 bits per heavy atom. The van der Waals surface area contributed by atoms with E-state index in [1.165, 1.54) is 4.68 Å². The van der Waals surface area contributed by atoms with Crippen molar-refractivity contribution in [3.8, 4) is 5.75 Å². The third-order valence-corrected chi connectivity index (χ3v) is 5.23. The Morgan fingerprint density at radius 3 is 2.52 bits per heavy atom. The first-order chi connectivity index (χ1) is 15.0. The number of para-hydroxylation sites is 1. The fraction of sp³-hybridized carbons (Fsp3) is 0.217. The van der Waals surface area contributed by atoms with Gasteiger partial charge in [-0.25, -0.2) is 9.67 Å². The molecule has 4 aromatic rings. The monoisotopic (exact) mass is 417 g/mol. The first-order valence-electron chi connectivity index (χ1n) is 9.84. The van der Waals surface area contributed by atoms with Crippen LogP contribution in [0.1, 0.15) is 23.1 Å². The number of ether oxygens (including phenoxy) is 1. The molecule has 8 heteroatoms. The van der Waals surface area contributed by atoms with Crippen molar-refractivity contribution in [3.05, 3.63) is 88.4 Å². The van der Waals surface area contributed by atoms with Gasteiger partial charge in [-0.3, -0.25) is 9.59 Å². The van der Waals surface area contributed by atoms with E-state index in [2.05, 4.69) is 15.4 Å². The number of aromatic nitrogens is 4. The zero-order valence-electron chi connectivity index (χ0n) is 17.6. The van der Waals surface area contributed by atoms with Gasteiger partial charge in [-0.1, -0.05) is 36.4 Å². The summed E-state index contributed by atoms with van der Waals surface area (Å²) in [6, 6.07) is 14.2. The number of fused-ring (bicyclic) bond motifs is 1. The molecular weight excluding hydrogens is 394 g/mol. The lowest BCUT2D eigenvalue weighted by Gasteiger charge is -2.21. The van der Waals surface area contributed by atoms with Gasteiger partial charge in [0.1, 0.15) is 17.6 Å². The smallest absolute Gasteiger partial charge is 0.274 e. The fourth-order valence-corrected chi connectivity index (χ4v) is 3.71. The summed E-state index contributed by atoms with van der Waals surface area (Å²) >= 11 is 0. The maximum absolute atomic E-state index is 13.1. The third kappa shape index (κ3) is 3.92. The molecule has 0 spiro atoms. The maximum atomic E-state index is 13.1. The molecule has 1 N–H and O–H groups in total. The summed E-state index contributed by atoms with van der Waals surface area (Å²) in [5, 5.41) is 8.61. The summed E-state index contributed by atoms with van der Waals surface area (Å²) in [7, 11) is 5.05. The van der Waals surface area contributed by atoms with Crippen molar-refractivity contribution in [2.45, 2.75) is 12.5 Å². The summed E-state index contributed by atoms with van der Waals surface area (Å²) in [4.78, 5) is 29.9. The molecule has 1 amide bonds. The van der Waals surface area contributed by atoms with Gasteiger partial charge in [0, 0.05) is 37.4 Å². The highest BCUT2D eigenvalue weighted by molar-refractivity contribution is 5.88. The standard InChI is InChI=1S/C23H23N5O3/c1-27-13-12-24-22(27)21(17-10-6-7-11-19(17)31-3)25-20(29)14-18-15-8-4-5-9-16(15)23(30)28(2)26-18/h4-13,21H,14H2,1-3H3,(H,25,29). The van der Waals surface area contributed by atoms with Crippen LogP contribution in [0.15, 0.2) is 65.7 Å². The van der Waals surface area contributed by atoms with Crippen LogP contribution < -0.4 is 15.6 Å². The zero-order valence-corrected chi connectivity index (χ0v) is 17.6. The van der Waals surface area contributed by atoms with Gasteiger partial charge >= 0.3 is 0 Å². The van der Waals surface area contributed by atoms with Crippen molar-refractivity contribution in [1.82, 2.24) is 24.6 Å². The second-order valence-corrected chi connectivity index (χ2v) is 7.24. The number of nitrogens with zero attached hydrogens (tertiary/aromatic N) is 4. The molecule has 4 rings (SSSR count). The molecule has 0 saturated carbocycles. The van der Waals surface area contributed by atoms with Crippen molar-refractivity contribution < 1.29 is 9.53 Å². The molecule has 0 bridgehead atoms. The Labute approximate surface area is 179 Å². The zero-order chi connectivity index (χ0) is 22.0. The first kappa shape index (κ1) is 20.3. The molecule has 31 heavy (non-hydrogen) atoms. The van der Waals surface area contributed by atoms with E-state index >= 15 is 0 Å². The average molecular weight is 417 g/mol. The number of methoxy groups -OCH3 is 1. The Kier molecular flexibility index (Phi) is 5.53. The summed E-state index contributed by atoms with van der Waals surface area (Å²) < 4.78 is 8.64. The number of amides is 1. The predicted molar refractivity (Wildman–Crippen MR) is 117 cm³/mol. The van der Waals surface area contributed by atoms with Crippen LogP contribution in [0.4, 0.5) is 0 Å². The van der Waals surface area contributed by atoms with Crippen molar-refractivity contribution in [1.29, 1.82) is 0 Å². The van der Waals surface area contributed by atoms with Crippen LogP contribution in [0, 0.1) is 0 Å². The molecule has 0 saturated heterocycles. The molecule has 158 valence electrons. The second-order valence-electron chi connectivity index (χ2n) is 7.24. The van der Waals surface area contributed by atoms with E-state index in [0.29, 0.717) is 28.0 Å². The quantitative estimate of drug-likeness (QED) is 0.519. The molecule has 0 radical (unpaired) electrons. The lowest BCUT2D eigenvalue weighted by atomic mass is 10.0. The summed E-state index contributed by atoms with van der Waals surface area (Å²) in [5.74, 6) is 1.09. The number of carbonyl (C=O) groups excluding carboxylic acids is 1. The summed E-state index contributed by atoms with van der Waals surface area (Å²) in [6.07, 6.45) is 3.53. The molecule has 1 unspecified atom stereocenters. The van der Waals surface area contributed by atoms with Gasteiger partial charge in [0.15, 0.2) is 0 Å². The Hall–Kier alpha value is -3.94. The van der Waals surface area contributed by atoms with Crippen molar-refractivity contribution in [3.63, 3.8) is 0 Å². The van der Waals surface area contributed by atoms with Gasteiger partial charge in [-0.05, 0) is 12.1 Å². The molecule has 2 aromatic carbocycles. The van der Waals surface area contributed by atoms with E-state index in [1.807, 2.05) is 54.2 Å². The maximum Gasteiger partial charge on any atom is 0.274 e. The van der Waals surface area contributed by atoms with Crippen LogP contribution >= 0.6 is 0 Å². The number of rotatable bonds is 6. The van der Waals surface area contributed by atoms with E-state index in [-0.39, 0.29) is 17.9 Å². The van der Waals surface area contributed by atoms with Crippen molar-refractivity contribution in [2.24, 2.45) is 14.1 Å². The molecule has 8 nitrogen and oxygen atoms in total. The molecule has 0 fully saturated rings. The van der Waals surface area contributed by atoms with E-state index < -0.39 is 6.04 Å². The largest absolute Gasteiger partial charge is 0.496 e. The normalized spacial score (nSPS) is 12.0. The number of imidazole rings is 1. The number of nitrogens with one attached hydrogen (secondary N) is 1. The molecule has 1 atom stereocenters. The Balaban J connectivity index is 1.70. The minimum absolute atomic E-state index is 0.0186. The van der Waals surface area contributed by atoms with Crippen molar-refractivity contribution in [2.75, 3.05) is 7.11 Å². The van der Waals surface area contributed by atoms with E-state index in [1.54, 1.807) is 32.5 Å². The van der Waals surface area contributed by atoms with Gasteiger partial charge in [0.25, 0.3) is 5.56 Å². The first-order valence-corrected chi connectivity index (χ1v) is 9.84. The molecule has 2 aromatic heterocycles. The highest BCUT2D eigenvalue weighted by Crippen LogP contribution is 2.29. The van der Waals surface area contributed by atoms with E-state index in [9.17, 15) is 9.59 Å². The lowest BCUT2D eigenvalue weighted by molar-refractivity contribution is -0.121. The van der Waals surface area contributed by atoms with Gasteiger partial charge in [-0.2, -0.15) is 5.10 Å². The number of aryl methyl sites for hydroxylation is 2. The van der Waals surface area contributed by atoms with Crippen LogP contribution in [-0.4, -0.2) is 32.3 Å². The SMILES string of the molecule is COc1ccccc1C(NC(=O)Cc1nn(C)c(=O)c2ccccc12)c1nccn1C. The van der Waals surface area contributed by atoms with E-state index in [0.717, 1.165) is 5.56 Å². The van der Waals surface area contributed by atoms with Gasteiger partial charge in [0.2, 0.25) is 5.91 Å². The average Bonchev–Trinajstić information content (AvgIpc) is 3.21. The van der Waals surface area contributed by atoms with Crippen LogP contribution in [0.2, 0.25) is 0 Å². The van der Waals surface area contributed by atoms with Gasteiger partial charge < -0.3 is 14.6 Å². The predicted octanol–water partition coefficient (Wildman–Crippen LogP) is 2.12. The highest BCUT2D eigenvalue weighted by Gasteiger charge is 2.24. The minimum Gasteiger partial charge on any atom is -0.496 e. The van der Waals surface area contributed by atoms with Gasteiger partial charge in [0.05, 0.1) is 24.6 Å². The van der Waals surface area contributed by atoms with Gasteiger partial charge in [-0.15, -0.1) is 0 Å². The Morgan fingerprint density at radius 2 is 1.81 bits per heavy atom. The third-order valence-electron chi connectivity index (χ3n) is 5.23. The number of hydrogen-bond donors (Lipinski definition) is 1. The summed E-state index contributed by atoms with van der Waals surface area (Å²) in [6.45, 7) is 0. The van der Waals surface area contributed by atoms with Crippen LogP contribution in [-0.2, 0) is 25.3 Å². The van der Waals surface area contributed by atoms with E-state index in [4.69, 9.17) is 4.74 Å². The topological polar surface area (TPSA) is 91.0 Å². The highest BCUT2D eigenvalue weighted by atomic mass is 16.5. The van der Waals surface area contributed by atoms with Crippen molar-refractivity contribution >= 4 is 16.7 Å². The fourth-order valence-electron chi connectivity index (χ4n) is 3.71. The molecule has 2 heterocycles. The number of hydrogen-bond acceptors (Lipinski definition) is 5. The minimum atomic E-state index is -0.512. The second kappa shape index (κ2) is 8.43. The van der Waals surface area contributed by atoms with Crippen LogP contribution in [0.25, 0.3) is 10.8 Å². The molecular formula is C23H23N5O3.